The predicted molar refractivity (Wildman–Crippen MR) is 119 cm³/mol. The number of rotatable bonds is 6. The first-order valence-corrected chi connectivity index (χ1v) is 10.0. The molecule has 9 nitrogen and oxygen atoms in total. The number of hydrogen-bond acceptors (Lipinski definition) is 6. The van der Waals surface area contributed by atoms with Crippen LogP contribution in [0.25, 0.3) is 0 Å². The Hall–Kier alpha value is -4.01. The summed E-state index contributed by atoms with van der Waals surface area (Å²) in [5, 5.41) is 8.02. The highest BCUT2D eigenvalue weighted by Crippen LogP contribution is 2.25. The molecule has 1 heterocycles. The van der Waals surface area contributed by atoms with Gasteiger partial charge in [0.1, 0.15) is 5.71 Å². The Morgan fingerprint density at radius 1 is 1.09 bits per heavy atom. The molecule has 3 amide bonds. The van der Waals surface area contributed by atoms with Crippen molar-refractivity contribution in [2.24, 2.45) is 10.8 Å². The average molecular weight is 436 g/mol. The van der Waals surface area contributed by atoms with E-state index >= 15 is 0 Å². The lowest BCUT2D eigenvalue weighted by atomic mass is 10.1. The lowest BCUT2D eigenvalue weighted by Gasteiger charge is -2.25. The maximum Gasteiger partial charge on any atom is 0.355 e. The minimum atomic E-state index is -1.10. The third kappa shape index (κ3) is 5.18. The second-order valence-electron chi connectivity index (χ2n) is 7.52. The number of anilines is 2. The molecule has 0 spiro atoms. The van der Waals surface area contributed by atoms with E-state index in [1.54, 1.807) is 0 Å². The van der Waals surface area contributed by atoms with Gasteiger partial charge in [0.15, 0.2) is 6.10 Å². The smallest absolute Gasteiger partial charge is 0.355 e. The van der Waals surface area contributed by atoms with Crippen molar-refractivity contribution >= 4 is 40.8 Å². The minimum Gasteiger partial charge on any atom is -0.448 e. The fourth-order valence-electron chi connectivity index (χ4n) is 3.08. The predicted octanol–water partition coefficient (Wildman–Crippen LogP) is 2.46. The van der Waals surface area contributed by atoms with Crippen LogP contribution in [0.3, 0.4) is 0 Å². The average Bonchev–Trinajstić information content (AvgIpc) is 2.76. The zero-order valence-electron chi connectivity index (χ0n) is 18.0. The Morgan fingerprint density at radius 3 is 2.44 bits per heavy atom. The molecule has 1 atom stereocenters. The topological polar surface area (TPSA) is 131 Å². The molecule has 3 rings (SSSR count). The molecular weight excluding hydrogens is 412 g/mol. The second-order valence-corrected chi connectivity index (χ2v) is 7.52. The van der Waals surface area contributed by atoms with E-state index in [2.05, 4.69) is 10.4 Å². The molecule has 166 valence electrons. The van der Waals surface area contributed by atoms with Crippen LogP contribution in [0.4, 0.5) is 11.4 Å². The van der Waals surface area contributed by atoms with Crippen LogP contribution in [0.1, 0.15) is 41.3 Å². The number of benzene rings is 2. The standard InChI is InChI=1S/C23H24N4O5/c1-13-4-5-14(2)19(12-13)27-20(28)11-10-18(26-27)23(31)32-15(3)22(30)25-17-8-6-16(7-9-17)21(24)29/h4-9,12,15H,10-11H2,1-3H3,(H2,24,29)(H,25,30). The number of carbonyl (C=O) groups is 4. The van der Waals surface area contributed by atoms with Crippen molar-refractivity contribution in [1.29, 1.82) is 0 Å². The van der Waals surface area contributed by atoms with Gasteiger partial charge in [-0.05, 0) is 62.2 Å². The first-order valence-electron chi connectivity index (χ1n) is 10.0. The van der Waals surface area contributed by atoms with Gasteiger partial charge in [-0.15, -0.1) is 0 Å². The Kier molecular flexibility index (Phi) is 6.67. The molecule has 32 heavy (non-hydrogen) atoms. The molecule has 2 aromatic rings. The molecule has 2 aromatic carbocycles. The van der Waals surface area contributed by atoms with Crippen LogP contribution in [-0.2, 0) is 19.1 Å². The van der Waals surface area contributed by atoms with Crippen LogP contribution in [-0.4, -0.2) is 35.5 Å². The maximum absolute atomic E-state index is 12.6. The van der Waals surface area contributed by atoms with E-state index in [-0.39, 0.29) is 24.5 Å². The Balaban J connectivity index is 1.68. The molecule has 0 saturated carbocycles. The van der Waals surface area contributed by atoms with Crippen LogP contribution in [0.15, 0.2) is 47.6 Å². The van der Waals surface area contributed by atoms with Crippen molar-refractivity contribution in [3.05, 3.63) is 59.2 Å². The van der Waals surface area contributed by atoms with E-state index in [9.17, 15) is 19.2 Å². The van der Waals surface area contributed by atoms with Crippen molar-refractivity contribution < 1.29 is 23.9 Å². The van der Waals surface area contributed by atoms with Gasteiger partial charge in [0.05, 0.1) is 5.69 Å². The normalized spacial score (nSPS) is 14.4. The van der Waals surface area contributed by atoms with Crippen LogP contribution >= 0.6 is 0 Å². The Morgan fingerprint density at radius 2 is 1.78 bits per heavy atom. The van der Waals surface area contributed by atoms with Crippen LogP contribution in [0, 0.1) is 13.8 Å². The van der Waals surface area contributed by atoms with Gasteiger partial charge in [-0.1, -0.05) is 12.1 Å². The third-order valence-corrected chi connectivity index (χ3v) is 4.95. The number of nitrogens with one attached hydrogen (secondary N) is 1. The van der Waals surface area contributed by atoms with E-state index in [1.807, 2.05) is 32.0 Å². The van der Waals surface area contributed by atoms with E-state index in [0.717, 1.165) is 11.1 Å². The van der Waals surface area contributed by atoms with Gasteiger partial charge in [-0.2, -0.15) is 10.1 Å². The molecule has 0 fully saturated rings. The summed E-state index contributed by atoms with van der Waals surface area (Å²) < 4.78 is 5.27. The van der Waals surface area contributed by atoms with Gasteiger partial charge >= 0.3 is 5.97 Å². The molecule has 9 heteroatoms. The highest BCUT2D eigenvalue weighted by molar-refractivity contribution is 6.38. The molecule has 3 N–H and O–H groups in total. The number of hydrazone groups is 1. The first-order chi connectivity index (χ1) is 15.2. The molecule has 0 bridgehead atoms. The number of carbonyl (C=O) groups excluding carboxylic acids is 4. The fraction of sp³-hybridized carbons (Fsp3) is 0.261. The van der Waals surface area contributed by atoms with Crippen LogP contribution in [0.2, 0.25) is 0 Å². The Labute approximate surface area is 185 Å². The summed E-state index contributed by atoms with van der Waals surface area (Å²) in [4.78, 5) is 48.5. The van der Waals surface area contributed by atoms with Crippen LogP contribution < -0.4 is 16.1 Å². The van der Waals surface area contributed by atoms with Crippen molar-refractivity contribution in [2.75, 3.05) is 10.3 Å². The van der Waals surface area contributed by atoms with E-state index in [1.165, 1.54) is 36.2 Å². The summed E-state index contributed by atoms with van der Waals surface area (Å²) in [5.74, 6) is -2.11. The van der Waals surface area contributed by atoms with Crippen molar-refractivity contribution in [1.82, 2.24) is 0 Å². The summed E-state index contributed by atoms with van der Waals surface area (Å²) >= 11 is 0. The number of hydrogen-bond donors (Lipinski definition) is 2. The molecule has 0 saturated heterocycles. The van der Waals surface area contributed by atoms with E-state index in [4.69, 9.17) is 10.5 Å². The maximum atomic E-state index is 12.6. The molecule has 0 radical (unpaired) electrons. The van der Waals surface area contributed by atoms with Gasteiger partial charge in [0.2, 0.25) is 11.8 Å². The monoisotopic (exact) mass is 436 g/mol. The number of aryl methyl sites for hydroxylation is 2. The van der Waals surface area contributed by atoms with Gasteiger partial charge in [-0.3, -0.25) is 14.4 Å². The fourth-order valence-corrected chi connectivity index (χ4v) is 3.08. The molecule has 0 aromatic heterocycles. The van der Waals surface area contributed by atoms with Crippen molar-refractivity contribution in [3.63, 3.8) is 0 Å². The summed E-state index contributed by atoms with van der Waals surface area (Å²) in [6.45, 7) is 5.19. The van der Waals surface area contributed by atoms with Gasteiger partial charge in [0.25, 0.3) is 5.91 Å². The highest BCUT2D eigenvalue weighted by atomic mass is 16.5. The molecular formula is C23H24N4O5. The zero-order valence-corrected chi connectivity index (χ0v) is 18.0. The number of nitrogens with zero attached hydrogens (tertiary/aromatic N) is 2. The van der Waals surface area contributed by atoms with Crippen molar-refractivity contribution in [3.8, 4) is 0 Å². The number of amides is 3. The van der Waals surface area contributed by atoms with Crippen LogP contribution in [0.5, 0.6) is 0 Å². The summed E-state index contributed by atoms with van der Waals surface area (Å²) in [5.41, 5.74) is 8.39. The lowest BCUT2D eigenvalue weighted by Crippen LogP contribution is -2.38. The van der Waals surface area contributed by atoms with E-state index < -0.39 is 23.9 Å². The van der Waals surface area contributed by atoms with Gasteiger partial charge in [-0.25, -0.2) is 4.79 Å². The SMILES string of the molecule is Cc1ccc(C)c(N2N=C(C(=O)OC(C)C(=O)Nc3ccc(C(N)=O)cc3)CCC2=O)c1. The number of nitrogens with two attached hydrogens (primary N) is 1. The quantitative estimate of drug-likeness (QED) is 0.672. The second kappa shape index (κ2) is 9.42. The summed E-state index contributed by atoms with van der Waals surface area (Å²) in [7, 11) is 0. The molecule has 1 unspecified atom stereocenters. The molecule has 1 aliphatic rings. The van der Waals surface area contributed by atoms with Gasteiger partial charge in [0, 0.05) is 24.1 Å². The summed E-state index contributed by atoms with van der Waals surface area (Å²) in [6.07, 6.45) is -0.872. The third-order valence-electron chi connectivity index (χ3n) is 4.95. The Bertz CT molecular complexity index is 1110. The minimum absolute atomic E-state index is 0.0657. The number of ether oxygens (including phenoxy) is 1. The van der Waals surface area contributed by atoms with E-state index in [0.29, 0.717) is 16.9 Å². The molecule has 0 aliphatic carbocycles. The zero-order chi connectivity index (χ0) is 23.4. The lowest BCUT2D eigenvalue weighted by molar-refractivity contribution is -0.146. The van der Waals surface area contributed by atoms with Gasteiger partial charge < -0.3 is 15.8 Å². The highest BCUT2D eigenvalue weighted by Gasteiger charge is 2.29. The van der Waals surface area contributed by atoms with Crippen molar-refractivity contribution in [2.45, 2.75) is 39.7 Å². The largest absolute Gasteiger partial charge is 0.448 e. The first kappa shape index (κ1) is 22.7. The number of esters is 1. The summed E-state index contributed by atoms with van der Waals surface area (Å²) in [6, 6.07) is 11.6. The molecule has 1 aliphatic heterocycles. The number of primary amides is 1.